The van der Waals surface area contributed by atoms with Gasteiger partial charge in [-0.2, -0.15) is 0 Å². The Morgan fingerprint density at radius 2 is 1.94 bits per heavy atom. The number of hydrogen-bond acceptors (Lipinski definition) is 2. The summed E-state index contributed by atoms with van der Waals surface area (Å²) in [4.78, 5) is 0. The normalized spacial score (nSPS) is 10.3. The van der Waals surface area contributed by atoms with Crippen LogP contribution in [0.1, 0.15) is 11.1 Å². The molecule has 0 spiro atoms. The molecular weight excluding hydrogens is 232 g/mol. The summed E-state index contributed by atoms with van der Waals surface area (Å²) in [6.45, 7) is 2.54. The van der Waals surface area contributed by atoms with E-state index in [9.17, 15) is 0 Å². The lowest BCUT2D eigenvalue weighted by atomic mass is 10.1. The number of nitrogens with two attached hydrogens (primary N) is 1. The molecule has 0 saturated carbocycles. The molecular formula is C14H15ClN2. The van der Waals surface area contributed by atoms with Crippen LogP contribution in [-0.2, 0) is 6.54 Å². The molecule has 88 valence electrons. The van der Waals surface area contributed by atoms with Crippen molar-refractivity contribution in [1.29, 1.82) is 0 Å². The van der Waals surface area contributed by atoms with Gasteiger partial charge in [0.15, 0.2) is 0 Å². The van der Waals surface area contributed by atoms with Gasteiger partial charge in [0.2, 0.25) is 0 Å². The zero-order valence-corrected chi connectivity index (χ0v) is 10.5. The second-order valence-electron chi connectivity index (χ2n) is 3.94. The van der Waals surface area contributed by atoms with Gasteiger partial charge in [0, 0.05) is 22.9 Å². The van der Waals surface area contributed by atoms with Crippen LogP contribution < -0.4 is 11.1 Å². The van der Waals surface area contributed by atoms with Crippen molar-refractivity contribution in [3.05, 3.63) is 58.6 Å². The Morgan fingerprint density at radius 1 is 1.18 bits per heavy atom. The molecule has 0 radical (unpaired) electrons. The lowest BCUT2D eigenvalue weighted by Crippen LogP contribution is -1.98. The van der Waals surface area contributed by atoms with Crippen molar-refractivity contribution >= 4 is 23.0 Å². The maximum absolute atomic E-state index is 6.08. The quantitative estimate of drug-likeness (QED) is 0.863. The lowest BCUT2D eigenvalue weighted by molar-refractivity contribution is 1.07. The Labute approximate surface area is 106 Å². The van der Waals surface area contributed by atoms with Crippen molar-refractivity contribution in [2.24, 2.45) is 5.73 Å². The van der Waals surface area contributed by atoms with Gasteiger partial charge in [-0.05, 0) is 42.3 Å². The van der Waals surface area contributed by atoms with E-state index in [2.05, 4.69) is 5.32 Å². The van der Waals surface area contributed by atoms with Gasteiger partial charge in [-0.25, -0.2) is 0 Å². The van der Waals surface area contributed by atoms with E-state index in [1.807, 2.05) is 49.4 Å². The molecule has 0 amide bonds. The van der Waals surface area contributed by atoms with Crippen LogP contribution in [0.5, 0.6) is 0 Å². The van der Waals surface area contributed by atoms with Gasteiger partial charge in [0.05, 0.1) is 0 Å². The molecule has 2 rings (SSSR count). The standard InChI is InChI=1S/C14H15ClN2/c1-10-13(15)6-3-7-14(10)17-12-5-2-4-11(8-12)9-16/h2-8,17H,9,16H2,1H3. The predicted octanol–water partition coefficient (Wildman–Crippen LogP) is 3.85. The fourth-order valence-electron chi connectivity index (χ4n) is 1.67. The Kier molecular flexibility index (Phi) is 3.67. The fraction of sp³-hybridized carbons (Fsp3) is 0.143. The summed E-state index contributed by atoms with van der Waals surface area (Å²) in [7, 11) is 0. The molecule has 2 aromatic rings. The van der Waals surface area contributed by atoms with Crippen molar-refractivity contribution in [1.82, 2.24) is 0 Å². The summed E-state index contributed by atoms with van der Waals surface area (Å²) >= 11 is 6.08. The Balaban J connectivity index is 2.28. The van der Waals surface area contributed by atoms with Crippen LogP contribution in [0.3, 0.4) is 0 Å². The molecule has 2 nitrogen and oxygen atoms in total. The number of hydrogen-bond donors (Lipinski definition) is 2. The van der Waals surface area contributed by atoms with Crippen molar-refractivity contribution in [3.8, 4) is 0 Å². The van der Waals surface area contributed by atoms with Gasteiger partial charge in [0.1, 0.15) is 0 Å². The second kappa shape index (κ2) is 5.21. The predicted molar refractivity (Wildman–Crippen MR) is 73.8 cm³/mol. The van der Waals surface area contributed by atoms with E-state index in [4.69, 9.17) is 17.3 Å². The highest BCUT2D eigenvalue weighted by atomic mass is 35.5. The lowest BCUT2D eigenvalue weighted by Gasteiger charge is -2.11. The van der Waals surface area contributed by atoms with Crippen molar-refractivity contribution in [2.75, 3.05) is 5.32 Å². The van der Waals surface area contributed by atoms with Gasteiger partial charge in [-0.1, -0.05) is 29.8 Å². The van der Waals surface area contributed by atoms with Crippen LogP contribution in [-0.4, -0.2) is 0 Å². The van der Waals surface area contributed by atoms with Crippen LogP contribution in [0.15, 0.2) is 42.5 Å². The number of halogens is 1. The van der Waals surface area contributed by atoms with Crippen LogP contribution in [0, 0.1) is 6.92 Å². The van der Waals surface area contributed by atoms with Crippen LogP contribution >= 0.6 is 11.6 Å². The molecule has 0 aliphatic carbocycles. The van der Waals surface area contributed by atoms with E-state index in [1.54, 1.807) is 0 Å². The summed E-state index contributed by atoms with van der Waals surface area (Å²) < 4.78 is 0. The average Bonchev–Trinajstić information content (AvgIpc) is 2.35. The maximum Gasteiger partial charge on any atom is 0.0455 e. The van der Waals surface area contributed by atoms with Gasteiger partial charge < -0.3 is 11.1 Å². The molecule has 0 saturated heterocycles. The third kappa shape index (κ3) is 2.78. The van der Waals surface area contributed by atoms with E-state index in [0.29, 0.717) is 6.54 Å². The Hall–Kier alpha value is -1.51. The first-order valence-corrected chi connectivity index (χ1v) is 5.89. The number of benzene rings is 2. The topological polar surface area (TPSA) is 38.0 Å². The first-order valence-electron chi connectivity index (χ1n) is 5.52. The highest BCUT2D eigenvalue weighted by Crippen LogP contribution is 2.26. The van der Waals surface area contributed by atoms with Gasteiger partial charge >= 0.3 is 0 Å². The van der Waals surface area contributed by atoms with Gasteiger partial charge in [0.25, 0.3) is 0 Å². The SMILES string of the molecule is Cc1c(Cl)cccc1Nc1cccc(CN)c1. The smallest absolute Gasteiger partial charge is 0.0455 e. The van der Waals surface area contributed by atoms with E-state index >= 15 is 0 Å². The second-order valence-corrected chi connectivity index (χ2v) is 4.35. The average molecular weight is 247 g/mol. The third-order valence-corrected chi connectivity index (χ3v) is 3.12. The zero-order valence-electron chi connectivity index (χ0n) is 9.70. The van der Waals surface area contributed by atoms with Gasteiger partial charge in [-0.15, -0.1) is 0 Å². The minimum Gasteiger partial charge on any atom is -0.355 e. The molecule has 3 N–H and O–H groups in total. The first kappa shape index (κ1) is 12.0. The summed E-state index contributed by atoms with van der Waals surface area (Å²) in [6, 6.07) is 13.9. The Morgan fingerprint density at radius 3 is 2.71 bits per heavy atom. The number of nitrogens with one attached hydrogen (secondary N) is 1. The van der Waals surface area contributed by atoms with Crippen molar-refractivity contribution in [3.63, 3.8) is 0 Å². The molecule has 0 aliphatic heterocycles. The zero-order chi connectivity index (χ0) is 12.3. The molecule has 0 aromatic heterocycles. The molecule has 0 heterocycles. The van der Waals surface area contributed by atoms with Crippen LogP contribution in [0.2, 0.25) is 5.02 Å². The van der Waals surface area contributed by atoms with E-state index < -0.39 is 0 Å². The van der Waals surface area contributed by atoms with E-state index in [0.717, 1.165) is 27.5 Å². The molecule has 0 unspecified atom stereocenters. The van der Waals surface area contributed by atoms with Crippen LogP contribution in [0.4, 0.5) is 11.4 Å². The monoisotopic (exact) mass is 246 g/mol. The van der Waals surface area contributed by atoms with Crippen LogP contribution in [0.25, 0.3) is 0 Å². The molecule has 17 heavy (non-hydrogen) atoms. The molecule has 0 bridgehead atoms. The van der Waals surface area contributed by atoms with Crippen molar-refractivity contribution < 1.29 is 0 Å². The molecule has 0 aliphatic rings. The van der Waals surface area contributed by atoms with E-state index in [-0.39, 0.29) is 0 Å². The van der Waals surface area contributed by atoms with E-state index in [1.165, 1.54) is 0 Å². The third-order valence-electron chi connectivity index (χ3n) is 2.71. The minimum absolute atomic E-state index is 0.546. The largest absolute Gasteiger partial charge is 0.355 e. The summed E-state index contributed by atoms with van der Waals surface area (Å²) in [5, 5.41) is 4.12. The molecule has 0 atom stereocenters. The molecule has 0 fully saturated rings. The first-order chi connectivity index (χ1) is 8.20. The summed E-state index contributed by atoms with van der Waals surface area (Å²) in [5.74, 6) is 0. The highest BCUT2D eigenvalue weighted by Gasteiger charge is 2.02. The van der Waals surface area contributed by atoms with Crippen molar-refractivity contribution in [2.45, 2.75) is 13.5 Å². The highest BCUT2D eigenvalue weighted by molar-refractivity contribution is 6.31. The fourth-order valence-corrected chi connectivity index (χ4v) is 1.85. The van der Waals surface area contributed by atoms with Gasteiger partial charge in [-0.3, -0.25) is 0 Å². The molecule has 2 aromatic carbocycles. The molecule has 3 heteroatoms. The minimum atomic E-state index is 0.546. The maximum atomic E-state index is 6.08. The number of rotatable bonds is 3. The summed E-state index contributed by atoms with van der Waals surface area (Å²) in [6.07, 6.45) is 0. The summed E-state index contributed by atoms with van der Waals surface area (Å²) in [5.41, 5.74) is 9.82. The Bertz CT molecular complexity index is 523. The number of anilines is 2.